The molecule has 0 unspecified atom stereocenters. The van der Waals surface area contributed by atoms with Gasteiger partial charge in [0.15, 0.2) is 0 Å². The second kappa shape index (κ2) is 7.62. The van der Waals surface area contributed by atoms with Gasteiger partial charge in [-0.15, -0.1) is 0 Å². The van der Waals surface area contributed by atoms with Crippen LogP contribution in [0.3, 0.4) is 0 Å². The quantitative estimate of drug-likeness (QED) is 0.524. The first-order valence-corrected chi connectivity index (χ1v) is 9.89. The molecule has 29 heavy (non-hydrogen) atoms. The average molecular weight is 390 g/mol. The first kappa shape index (κ1) is 19.1. The first-order chi connectivity index (χ1) is 13.9. The van der Waals surface area contributed by atoms with Gasteiger partial charge in [0.05, 0.1) is 5.69 Å². The Morgan fingerprint density at radius 3 is 2.79 bits per heavy atom. The van der Waals surface area contributed by atoms with Crippen molar-refractivity contribution in [1.82, 2.24) is 15.5 Å². The number of hydrogen-bond acceptors (Lipinski definition) is 3. The van der Waals surface area contributed by atoms with Gasteiger partial charge in [0.25, 0.3) is 0 Å². The molecule has 1 aliphatic rings. The summed E-state index contributed by atoms with van der Waals surface area (Å²) >= 11 is 0. The summed E-state index contributed by atoms with van der Waals surface area (Å²) in [4.78, 5) is 12.3. The van der Waals surface area contributed by atoms with Crippen molar-refractivity contribution in [1.29, 1.82) is 0 Å². The number of benzene rings is 2. The Labute approximate surface area is 170 Å². The lowest BCUT2D eigenvalue weighted by Crippen LogP contribution is -2.28. The minimum Gasteiger partial charge on any atom is -0.508 e. The number of nitrogens with zero attached hydrogens (tertiary/aromatic N) is 1. The summed E-state index contributed by atoms with van der Waals surface area (Å²) in [6.45, 7) is 4.96. The lowest BCUT2D eigenvalue weighted by atomic mass is 9.76. The van der Waals surface area contributed by atoms with Gasteiger partial charge in [-0.1, -0.05) is 38.1 Å². The lowest BCUT2D eigenvalue weighted by Gasteiger charge is -2.29. The standard InChI is InChI=1S/C23H26N4O2/c1-23(2)11-10-19-20(13-23)26-27-21(19)16-4-3-5-17(12-16)25-22(29)24-14-15-6-8-18(28)9-7-15/h3-9,12,28H,10-11,13-14H2,1-2H3,(H,26,27)(H2,24,25,29). The van der Waals surface area contributed by atoms with Crippen LogP contribution in [0.5, 0.6) is 5.75 Å². The fourth-order valence-corrected chi connectivity index (χ4v) is 3.80. The molecule has 4 N–H and O–H groups in total. The zero-order valence-corrected chi connectivity index (χ0v) is 16.7. The monoisotopic (exact) mass is 390 g/mol. The van der Waals surface area contributed by atoms with Gasteiger partial charge in [-0.05, 0) is 54.5 Å². The van der Waals surface area contributed by atoms with Crippen LogP contribution >= 0.6 is 0 Å². The molecule has 2 amide bonds. The Bertz CT molecular complexity index is 1020. The van der Waals surface area contributed by atoms with E-state index in [-0.39, 0.29) is 11.8 Å². The molecule has 0 radical (unpaired) electrons. The normalized spacial score (nSPS) is 14.8. The van der Waals surface area contributed by atoms with Gasteiger partial charge < -0.3 is 15.7 Å². The number of rotatable bonds is 4. The van der Waals surface area contributed by atoms with Gasteiger partial charge in [0, 0.05) is 29.1 Å². The summed E-state index contributed by atoms with van der Waals surface area (Å²) in [5.74, 6) is 0.208. The molecule has 6 heteroatoms. The van der Waals surface area contributed by atoms with Crippen molar-refractivity contribution >= 4 is 11.7 Å². The molecular weight excluding hydrogens is 364 g/mol. The van der Waals surface area contributed by atoms with Crippen molar-refractivity contribution in [2.24, 2.45) is 5.41 Å². The van der Waals surface area contributed by atoms with Crippen LogP contribution in [0.15, 0.2) is 48.5 Å². The molecular formula is C23H26N4O2. The number of carbonyl (C=O) groups is 1. The number of aromatic amines is 1. The number of carbonyl (C=O) groups excluding carboxylic acids is 1. The Balaban J connectivity index is 1.43. The van der Waals surface area contributed by atoms with Gasteiger partial charge in [-0.3, -0.25) is 5.10 Å². The van der Waals surface area contributed by atoms with Crippen molar-refractivity contribution in [3.63, 3.8) is 0 Å². The van der Waals surface area contributed by atoms with E-state index in [9.17, 15) is 9.90 Å². The predicted octanol–water partition coefficient (Wildman–Crippen LogP) is 4.62. The SMILES string of the molecule is CC1(C)CCc2c(-c3cccc(NC(=O)NCc4ccc(O)cc4)c3)n[nH]c2C1. The van der Waals surface area contributed by atoms with Crippen LogP contribution in [0.25, 0.3) is 11.3 Å². The Morgan fingerprint density at radius 2 is 2.00 bits per heavy atom. The summed E-state index contributed by atoms with van der Waals surface area (Å²) < 4.78 is 0. The Morgan fingerprint density at radius 1 is 1.21 bits per heavy atom. The summed E-state index contributed by atoms with van der Waals surface area (Å²) in [5, 5.41) is 22.8. The maximum Gasteiger partial charge on any atom is 0.319 e. The van der Waals surface area contributed by atoms with Crippen LogP contribution in [-0.2, 0) is 19.4 Å². The van der Waals surface area contributed by atoms with Crippen LogP contribution in [0.2, 0.25) is 0 Å². The molecule has 0 fully saturated rings. The minimum atomic E-state index is -0.277. The third kappa shape index (κ3) is 4.42. The number of H-pyrrole nitrogens is 1. The molecule has 4 rings (SSSR count). The second-order valence-electron chi connectivity index (χ2n) is 8.43. The number of amides is 2. The highest BCUT2D eigenvalue weighted by molar-refractivity contribution is 5.90. The molecule has 0 aliphatic heterocycles. The van der Waals surface area contributed by atoms with E-state index in [2.05, 4.69) is 34.7 Å². The summed E-state index contributed by atoms with van der Waals surface area (Å²) in [5.41, 5.74) is 6.42. The van der Waals surface area contributed by atoms with Gasteiger partial charge in [0.2, 0.25) is 0 Å². The number of anilines is 1. The molecule has 150 valence electrons. The topological polar surface area (TPSA) is 90.0 Å². The summed E-state index contributed by atoms with van der Waals surface area (Å²) in [7, 11) is 0. The highest BCUT2D eigenvalue weighted by Crippen LogP contribution is 2.38. The van der Waals surface area contributed by atoms with Crippen molar-refractivity contribution < 1.29 is 9.90 Å². The summed E-state index contributed by atoms with van der Waals surface area (Å²) in [6, 6.07) is 14.3. The molecule has 3 aromatic rings. The Kier molecular flexibility index (Phi) is 5.01. The fraction of sp³-hybridized carbons (Fsp3) is 0.304. The second-order valence-corrected chi connectivity index (χ2v) is 8.43. The van der Waals surface area contributed by atoms with Crippen molar-refractivity contribution in [3.05, 3.63) is 65.4 Å². The van der Waals surface area contributed by atoms with Gasteiger partial charge >= 0.3 is 6.03 Å². The van der Waals surface area contributed by atoms with Gasteiger partial charge in [-0.2, -0.15) is 5.10 Å². The number of fused-ring (bicyclic) bond motifs is 1. The predicted molar refractivity (Wildman–Crippen MR) is 114 cm³/mol. The van der Waals surface area contributed by atoms with E-state index in [1.54, 1.807) is 24.3 Å². The third-order valence-electron chi connectivity index (χ3n) is 5.44. The highest BCUT2D eigenvalue weighted by atomic mass is 16.3. The van der Waals surface area contributed by atoms with E-state index in [4.69, 9.17) is 0 Å². The Hall–Kier alpha value is -3.28. The molecule has 0 saturated carbocycles. The van der Waals surface area contributed by atoms with E-state index in [1.165, 1.54) is 11.3 Å². The van der Waals surface area contributed by atoms with Gasteiger partial charge in [-0.25, -0.2) is 4.79 Å². The molecule has 0 saturated heterocycles. The maximum atomic E-state index is 12.3. The van der Waals surface area contributed by atoms with Crippen LogP contribution in [-0.4, -0.2) is 21.3 Å². The third-order valence-corrected chi connectivity index (χ3v) is 5.44. The molecule has 2 aromatic carbocycles. The number of urea groups is 1. The van der Waals surface area contributed by atoms with E-state index in [1.807, 2.05) is 24.3 Å². The molecule has 1 aromatic heterocycles. The van der Waals surface area contributed by atoms with Crippen LogP contribution < -0.4 is 10.6 Å². The minimum absolute atomic E-state index is 0.208. The van der Waals surface area contributed by atoms with Crippen LogP contribution in [0.4, 0.5) is 10.5 Å². The van der Waals surface area contributed by atoms with Crippen molar-refractivity contribution in [3.8, 4) is 17.0 Å². The largest absolute Gasteiger partial charge is 0.508 e. The molecule has 0 atom stereocenters. The van der Waals surface area contributed by atoms with Crippen LogP contribution in [0, 0.1) is 5.41 Å². The zero-order chi connectivity index (χ0) is 20.4. The number of nitrogens with one attached hydrogen (secondary N) is 3. The van der Waals surface area contributed by atoms with Gasteiger partial charge in [0.1, 0.15) is 5.75 Å². The number of aromatic nitrogens is 2. The van der Waals surface area contributed by atoms with Crippen molar-refractivity contribution in [2.75, 3.05) is 5.32 Å². The molecule has 0 spiro atoms. The zero-order valence-electron chi connectivity index (χ0n) is 16.7. The number of hydrogen-bond donors (Lipinski definition) is 4. The number of aromatic hydroxyl groups is 1. The van der Waals surface area contributed by atoms with E-state index in [0.717, 1.165) is 41.8 Å². The molecule has 6 nitrogen and oxygen atoms in total. The molecule has 1 aliphatic carbocycles. The van der Waals surface area contributed by atoms with E-state index in [0.29, 0.717) is 12.0 Å². The summed E-state index contributed by atoms with van der Waals surface area (Å²) in [6.07, 6.45) is 3.16. The maximum absolute atomic E-state index is 12.3. The average Bonchev–Trinajstić information content (AvgIpc) is 3.09. The highest BCUT2D eigenvalue weighted by Gasteiger charge is 2.29. The number of phenols is 1. The lowest BCUT2D eigenvalue weighted by molar-refractivity contribution is 0.251. The number of phenolic OH excluding ortho intramolecular Hbond substituents is 1. The van der Waals surface area contributed by atoms with E-state index >= 15 is 0 Å². The first-order valence-electron chi connectivity index (χ1n) is 9.89. The van der Waals surface area contributed by atoms with E-state index < -0.39 is 0 Å². The van der Waals surface area contributed by atoms with Crippen molar-refractivity contribution in [2.45, 2.75) is 39.7 Å². The molecule has 0 bridgehead atoms. The fourth-order valence-electron chi connectivity index (χ4n) is 3.80. The smallest absolute Gasteiger partial charge is 0.319 e. The van der Waals surface area contributed by atoms with Crippen LogP contribution in [0.1, 0.15) is 37.1 Å². The molecule has 1 heterocycles.